The van der Waals surface area contributed by atoms with Gasteiger partial charge in [0, 0.05) is 18.6 Å². The van der Waals surface area contributed by atoms with E-state index in [1.807, 2.05) is 0 Å². The molecule has 0 bridgehead atoms. The molecule has 1 aliphatic carbocycles. The Kier molecular flexibility index (Phi) is 4.74. The minimum Gasteiger partial charge on any atom is -0.312 e. The first-order valence-electron chi connectivity index (χ1n) is 8.34. The van der Waals surface area contributed by atoms with E-state index in [9.17, 15) is 0 Å². The molecule has 1 aromatic rings. The van der Waals surface area contributed by atoms with Gasteiger partial charge in [-0.1, -0.05) is 30.3 Å². The molecule has 1 N–H and O–H groups in total. The summed E-state index contributed by atoms with van der Waals surface area (Å²) in [4.78, 5) is 2.73. The monoisotopic (exact) mass is 272 g/mol. The van der Waals surface area contributed by atoms with Gasteiger partial charge in [0.15, 0.2) is 0 Å². The number of rotatable bonds is 5. The number of hydrogen-bond acceptors (Lipinski definition) is 2. The summed E-state index contributed by atoms with van der Waals surface area (Å²) >= 11 is 0. The highest BCUT2D eigenvalue weighted by molar-refractivity contribution is 5.14. The second kappa shape index (κ2) is 6.73. The molecule has 20 heavy (non-hydrogen) atoms. The van der Waals surface area contributed by atoms with E-state index >= 15 is 0 Å². The van der Waals surface area contributed by atoms with Crippen LogP contribution in [0.25, 0.3) is 0 Å². The fourth-order valence-electron chi connectivity index (χ4n) is 3.40. The van der Waals surface area contributed by atoms with Crippen molar-refractivity contribution in [1.29, 1.82) is 0 Å². The van der Waals surface area contributed by atoms with Crippen LogP contribution in [0, 0.1) is 5.92 Å². The van der Waals surface area contributed by atoms with Crippen molar-refractivity contribution < 1.29 is 0 Å². The normalized spacial score (nSPS) is 26.1. The molecule has 2 atom stereocenters. The van der Waals surface area contributed by atoms with Crippen molar-refractivity contribution in [2.45, 2.75) is 51.1 Å². The first-order chi connectivity index (χ1) is 9.83. The summed E-state index contributed by atoms with van der Waals surface area (Å²) in [7, 11) is 0. The maximum Gasteiger partial charge on any atom is 0.0223 e. The number of hydrogen-bond donors (Lipinski definition) is 1. The van der Waals surface area contributed by atoms with Crippen LogP contribution in [-0.2, 0) is 6.42 Å². The molecule has 0 amide bonds. The Morgan fingerprint density at radius 2 is 2.05 bits per heavy atom. The largest absolute Gasteiger partial charge is 0.312 e. The molecule has 0 aromatic heterocycles. The Morgan fingerprint density at radius 1 is 1.25 bits per heavy atom. The standard InChI is InChI=1S/C18H28N2/c1-15(8-9-16-6-3-2-4-7-16)20-13-5-12-19-18(14-20)17-10-11-17/h2-4,6-7,15,17-19H,5,8-14H2,1H3. The summed E-state index contributed by atoms with van der Waals surface area (Å²) in [6, 6.07) is 12.4. The highest BCUT2D eigenvalue weighted by atomic mass is 15.2. The summed E-state index contributed by atoms with van der Waals surface area (Å²) in [6.45, 7) is 6.16. The zero-order valence-corrected chi connectivity index (χ0v) is 12.7. The average Bonchev–Trinajstić information content (AvgIpc) is 3.31. The highest BCUT2D eigenvalue weighted by Crippen LogP contribution is 2.33. The molecule has 1 saturated carbocycles. The fraction of sp³-hybridized carbons (Fsp3) is 0.667. The van der Waals surface area contributed by atoms with Crippen LogP contribution in [0.15, 0.2) is 30.3 Å². The van der Waals surface area contributed by atoms with Gasteiger partial charge >= 0.3 is 0 Å². The molecule has 1 aliphatic heterocycles. The molecule has 2 nitrogen and oxygen atoms in total. The van der Waals surface area contributed by atoms with Crippen LogP contribution in [0.2, 0.25) is 0 Å². The molecular weight excluding hydrogens is 244 g/mol. The molecule has 0 spiro atoms. The Labute approximate surface area is 123 Å². The van der Waals surface area contributed by atoms with E-state index in [0.29, 0.717) is 6.04 Å². The highest BCUT2D eigenvalue weighted by Gasteiger charge is 2.33. The van der Waals surface area contributed by atoms with Crippen molar-refractivity contribution in [2.24, 2.45) is 5.92 Å². The van der Waals surface area contributed by atoms with Crippen LogP contribution in [0.4, 0.5) is 0 Å². The van der Waals surface area contributed by atoms with E-state index < -0.39 is 0 Å². The maximum atomic E-state index is 3.76. The van der Waals surface area contributed by atoms with E-state index in [-0.39, 0.29) is 0 Å². The molecule has 1 heterocycles. The maximum absolute atomic E-state index is 3.76. The number of nitrogens with zero attached hydrogens (tertiary/aromatic N) is 1. The first-order valence-corrected chi connectivity index (χ1v) is 8.34. The van der Waals surface area contributed by atoms with Gasteiger partial charge in [-0.2, -0.15) is 0 Å². The molecule has 110 valence electrons. The van der Waals surface area contributed by atoms with Gasteiger partial charge < -0.3 is 5.32 Å². The predicted molar refractivity (Wildman–Crippen MR) is 84.9 cm³/mol. The van der Waals surface area contributed by atoms with Crippen LogP contribution in [0.1, 0.15) is 38.2 Å². The summed E-state index contributed by atoms with van der Waals surface area (Å²) in [6.07, 6.45) is 6.69. The summed E-state index contributed by atoms with van der Waals surface area (Å²) < 4.78 is 0. The van der Waals surface area contributed by atoms with Gasteiger partial charge in [-0.15, -0.1) is 0 Å². The van der Waals surface area contributed by atoms with Crippen LogP contribution >= 0.6 is 0 Å². The van der Waals surface area contributed by atoms with Crippen molar-refractivity contribution >= 4 is 0 Å². The number of aryl methyl sites for hydroxylation is 1. The van der Waals surface area contributed by atoms with Crippen molar-refractivity contribution in [2.75, 3.05) is 19.6 Å². The zero-order valence-electron chi connectivity index (χ0n) is 12.7. The van der Waals surface area contributed by atoms with E-state index in [2.05, 4.69) is 47.5 Å². The summed E-state index contributed by atoms with van der Waals surface area (Å²) in [5.41, 5.74) is 1.48. The molecular formula is C18H28N2. The van der Waals surface area contributed by atoms with Crippen LogP contribution < -0.4 is 5.32 Å². The molecule has 1 saturated heterocycles. The van der Waals surface area contributed by atoms with Gasteiger partial charge in [-0.3, -0.25) is 4.90 Å². The topological polar surface area (TPSA) is 15.3 Å². The zero-order chi connectivity index (χ0) is 13.8. The first kappa shape index (κ1) is 14.1. The van der Waals surface area contributed by atoms with Crippen molar-refractivity contribution in [3.05, 3.63) is 35.9 Å². The third-order valence-corrected chi connectivity index (χ3v) is 4.97. The lowest BCUT2D eigenvalue weighted by molar-refractivity contribution is 0.191. The second-order valence-corrected chi connectivity index (χ2v) is 6.62. The molecule has 2 fully saturated rings. The van der Waals surface area contributed by atoms with E-state index in [0.717, 1.165) is 12.0 Å². The van der Waals surface area contributed by atoms with Gasteiger partial charge in [0.05, 0.1) is 0 Å². The van der Waals surface area contributed by atoms with Crippen molar-refractivity contribution in [1.82, 2.24) is 10.2 Å². The summed E-state index contributed by atoms with van der Waals surface area (Å²) in [5, 5.41) is 3.76. The Balaban J connectivity index is 1.51. The van der Waals surface area contributed by atoms with Crippen LogP contribution in [-0.4, -0.2) is 36.6 Å². The third-order valence-electron chi connectivity index (χ3n) is 4.97. The SMILES string of the molecule is CC(CCc1ccccc1)N1CCCNC(C2CC2)C1. The van der Waals surface area contributed by atoms with E-state index in [1.54, 1.807) is 0 Å². The van der Waals surface area contributed by atoms with Gasteiger partial charge in [-0.25, -0.2) is 0 Å². The average molecular weight is 272 g/mol. The smallest absolute Gasteiger partial charge is 0.0223 e. The third kappa shape index (κ3) is 3.83. The van der Waals surface area contributed by atoms with Crippen LogP contribution in [0.5, 0.6) is 0 Å². The Bertz CT molecular complexity index is 399. The van der Waals surface area contributed by atoms with Gasteiger partial charge in [0.2, 0.25) is 0 Å². The van der Waals surface area contributed by atoms with Crippen LogP contribution in [0.3, 0.4) is 0 Å². The van der Waals surface area contributed by atoms with Gasteiger partial charge in [0.1, 0.15) is 0 Å². The molecule has 2 unspecified atom stereocenters. The summed E-state index contributed by atoms with van der Waals surface area (Å²) in [5.74, 6) is 0.969. The predicted octanol–water partition coefficient (Wildman–Crippen LogP) is 3.08. The second-order valence-electron chi connectivity index (χ2n) is 6.62. The quantitative estimate of drug-likeness (QED) is 0.886. The Hall–Kier alpha value is -0.860. The number of nitrogens with one attached hydrogen (secondary N) is 1. The molecule has 1 aromatic carbocycles. The lowest BCUT2D eigenvalue weighted by Crippen LogP contribution is -2.42. The van der Waals surface area contributed by atoms with E-state index in [4.69, 9.17) is 0 Å². The van der Waals surface area contributed by atoms with Crippen molar-refractivity contribution in [3.8, 4) is 0 Å². The van der Waals surface area contributed by atoms with E-state index in [1.165, 1.54) is 57.3 Å². The number of benzene rings is 1. The van der Waals surface area contributed by atoms with Gasteiger partial charge in [0.25, 0.3) is 0 Å². The molecule has 2 heteroatoms. The minimum atomic E-state index is 0.705. The lowest BCUT2D eigenvalue weighted by atomic mass is 10.0. The molecule has 3 rings (SSSR count). The molecule has 0 radical (unpaired) electrons. The fourth-order valence-corrected chi connectivity index (χ4v) is 3.40. The Morgan fingerprint density at radius 3 is 2.80 bits per heavy atom. The lowest BCUT2D eigenvalue weighted by Gasteiger charge is -2.30. The van der Waals surface area contributed by atoms with Gasteiger partial charge in [-0.05, 0) is 63.6 Å². The molecule has 2 aliphatic rings. The minimum absolute atomic E-state index is 0.705. The van der Waals surface area contributed by atoms with Crippen molar-refractivity contribution in [3.63, 3.8) is 0 Å².